The van der Waals surface area contributed by atoms with E-state index in [0.717, 1.165) is 30.6 Å². The second-order valence-electron chi connectivity index (χ2n) is 6.14. The van der Waals surface area contributed by atoms with Crippen LogP contribution in [-0.4, -0.2) is 32.8 Å². The van der Waals surface area contributed by atoms with E-state index in [2.05, 4.69) is 72.2 Å². The summed E-state index contributed by atoms with van der Waals surface area (Å²) < 4.78 is 6.25. The van der Waals surface area contributed by atoms with E-state index in [1.165, 1.54) is 11.3 Å². The van der Waals surface area contributed by atoms with Gasteiger partial charge in [-0.1, -0.05) is 15.9 Å². The third-order valence-corrected chi connectivity index (χ3v) is 3.60. The molecule has 0 amide bonds. The van der Waals surface area contributed by atoms with Crippen LogP contribution in [0, 0.1) is 0 Å². The lowest BCUT2D eigenvalue weighted by Gasteiger charge is -2.26. The smallest absolute Gasteiger partial charge is 0.0479 e. The van der Waals surface area contributed by atoms with Gasteiger partial charge in [0.05, 0.1) is 0 Å². The van der Waals surface area contributed by atoms with Crippen LogP contribution >= 0.6 is 15.9 Å². The summed E-state index contributed by atoms with van der Waals surface area (Å²) in [4.78, 5) is 2.30. The zero-order valence-corrected chi connectivity index (χ0v) is 14.9. The largest absolute Gasteiger partial charge is 0.385 e. The highest BCUT2D eigenvalue weighted by Gasteiger charge is 2.12. The molecule has 0 aromatic heterocycles. The number of benzene rings is 1. The van der Waals surface area contributed by atoms with Gasteiger partial charge in [-0.15, -0.1) is 0 Å². The van der Waals surface area contributed by atoms with Crippen LogP contribution in [0.3, 0.4) is 0 Å². The van der Waals surface area contributed by atoms with Crippen molar-refractivity contribution in [2.45, 2.75) is 39.3 Å². The first-order valence-electron chi connectivity index (χ1n) is 7.07. The van der Waals surface area contributed by atoms with Crippen molar-refractivity contribution in [2.75, 3.05) is 32.2 Å². The first-order valence-corrected chi connectivity index (χ1v) is 7.86. The molecule has 0 unspecified atom stereocenters. The minimum absolute atomic E-state index is 0.119. The third-order valence-electron chi connectivity index (χ3n) is 3.10. The minimum atomic E-state index is 0.119. The molecule has 0 aliphatic heterocycles. The molecule has 0 bridgehead atoms. The average Bonchev–Trinajstić information content (AvgIpc) is 2.35. The van der Waals surface area contributed by atoms with Crippen LogP contribution in [0.15, 0.2) is 22.7 Å². The molecule has 1 aromatic carbocycles. The number of hydrogen-bond donors (Lipinski definition) is 1. The van der Waals surface area contributed by atoms with E-state index >= 15 is 0 Å². The molecule has 0 aliphatic carbocycles. The van der Waals surface area contributed by atoms with E-state index in [9.17, 15) is 0 Å². The van der Waals surface area contributed by atoms with Crippen molar-refractivity contribution in [3.8, 4) is 0 Å². The summed E-state index contributed by atoms with van der Waals surface area (Å²) in [6.07, 6.45) is 1.04. The fraction of sp³-hybridized carbons (Fsp3) is 0.625. The summed E-state index contributed by atoms with van der Waals surface area (Å²) in [6.45, 7) is 9.23. The van der Waals surface area contributed by atoms with E-state index in [1.807, 2.05) is 0 Å². The molecule has 1 N–H and O–H groups in total. The van der Waals surface area contributed by atoms with Gasteiger partial charge in [-0.05, 0) is 51.0 Å². The molecule has 0 heterocycles. The Labute approximate surface area is 131 Å². The molecule has 1 rings (SSSR count). The normalized spacial score (nSPS) is 11.7. The molecule has 0 aliphatic rings. The van der Waals surface area contributed by atoms with E-state index < -0.39 is 0 Å². The fourth-order valence-corrected chi connectivity index (χ4v) is 2.40. The van der Waals surface area contributed by atoms with E-state index in [0.29, 0.717) is 0 Å². The Morgan fingerprint density at radius 1 is 1.30 bits per heavy atom. The van der Waals surface area contributed by atoms with Crippen molar-refractivity contribution in [1.29, 1.82) is 0 Å². The van der Waals surface area contributed by atoms with Crippen LogP contribution in [0.5, 0.6) is 0 Å². The molecule has 3 nitrogen and oxygen atoms in total. The van der Waals surface area contributed by atoms with Crippen LogP contribution in [0.4, 0.5) is 5.69 Å². The first-order chi connectivity index (χ1) is 9.33. The maximum atomic E-state index is 5.12. The van der Waals surface area contributed by atoms with Crippen molar-refractivity contribution >= 4 is 21.6 Å². The zero-order chi connectivity index (χ0) is 15.2. The Hall–Kier alpha value is -0.580. The second kappa shape index (κ2) is 8.01. The topological polar surface area (TPSA) is 24.5 Å². The van der Waals surface area contributed by atoms with Gasteiger partial charge in [-0.3, -0.25) is 0 Å². The predicted octanol–water partition coefficient (Wildman–Crippen LogP) is 3.81. The van der Waals surface area contributed by atoms with E-state index in [1.54, 1.807) is 7.11 Å². The summed E-state index contributed by atoms with van der Waals surface area (Å²) in [5.41, 5.74) is 2.71. The van der Waals surface area contributed by atoms with Gasteiger partial charge in [0.25, 0.3) is 0 Å². The lowest BCUT2D eigenvalue weighted by molar-refractivity contribution is 0.196. The molecule has 20 heavy (non-hydrogen) atoms. The van der Waals surface area contributed by atoms with Crippen molar-refractivity contribution in [3.63, 3.8) is 0 Å². The number of rotatable bonds is 7. The van der Waals surface area contributed by atoms with Gasteiger partial charge in [0.15, 0.2) is 0 Å². The lowest BCUT2D eigenvalue weighted by atomic mass is 10.1. The molecule has 0 fully saturated rings. The molecular formula is C16H27BrN2O. The number of ether oxygens (including phenoxy) is 1. The molecule has 0 radical (unpaired) electrons. The molecule has 1 aromatic rings. The Bertz CT molecular complexity index is 415. The monoisotopic (exact) mass is 342 g/mol. The zero-order valence-electron chi connectivity index (χ0n) is 13.3. The Morgan fingerprint density at radius 2 is 2.00 bits per heavy atom. The fourth-order valence-electron chi connectivity index (χ4n) is 1.99. The van der Waals surface area contributed by atoms with Crippen molar-refractivity contribution < 1.29 is 4.74 Å². The molecule has 0 atom stereocenters. The molecule has 0 spiro atoms. The highest BCUT2D eigenvalue weighted by molar-refractivity contribution is 9.10. The van der Waals surface area contributed by atoms with Gasteiger partial charge in [0.2, 0.25) is 0 Å². The van der Waals surface area contributed by atoms with Gasteiger partial charge in [0.1, 0.15) is 0 Å². The van der Waals surface area contributed by atoms with Gasteiger partial charge in [-0.25, -0.2) is 0 Å². The predicted molar refractivity (Wildman–Crippen MR) is 90.5 cm³/mol. The van der Waals surface area contributed by atoms with E-state index in [-0.39, 0.29) is 5.54 Å². The number of nitrogens with zero attached hydrogens (tertiary/aromatic N) is 1. The third kappa shape index (κ3) is 6.25. The summed E-state index contributed by atoms with van der Waals surface area (Å²) >= 11 is 3.56. The maximum Gasteiger partial charge on any atom is 0.0479 e. The first kappa shape index (κ1) is 17.5. The highest BCUT2D eigenvalue weighted by atomic mass is 79.9. The highest BCUT2D eigenvalue weighted by Crippen LogP contribution is 2.24. The Kier molecular flexibility index (Phi) is 7.00. The minimum Gasteiger partial charge on any atom is -0.385 e. The molecule has 0 saturated heterocycles. The average molecular weight is 343 g/mol. The lowest BCUT2D eigenvalue weighted by Crippen LogP contribution is -2.35. The van der Waals surface area contributed by atoms with Crippen LogP contribution in [0.2, 0.25) is 0 Å². The SMILES string of the molecule is COCCCN(C)c1ccc(Br)cc1CNC(C)(C)C. The quantitative estimate of drug-likeness (QED) is 0.762. The summed E-state index contributed by atoms with van der Waals surface area (Å²) in [7, 11) is 3.89. The molecular weight excluding hydrogens is 316 g/mol. The van der Waals surface area contributed by atoms with Crippen LogP contribution in [-0.2, 0) is 11.3 Å². The Balaban J connectivity index is 2.78. The van der Waals surface area contributed by atoms with Crippen LogP contribution in [0.1, 0.15) is 32.8 Å². The van der Waals surface area contributed by atoms with Crippen LogP contribution < -0.4 is 10.2 Å². The standard InChI is InChI=1S/C16H27BrN2O/c1-16(2,3)18-12-13-11-14(17)7-8-15(13)19(4)9-6-10-20-5/h7-8,11,18H,6,9-10,12H2,1-5H3. The number of methoxy groups -OCH3 is 1. The number of halogens is 1. The molecule has 114 valence electrons. The summed E-state index contributed by atoms with van der Waals surface area (Å²) in [5, 5.41) is 3.56. The Morgan fingerprint density at radius 3 is 2.60 bits per heavy atom. The number of anilines is 1. The maximum absolute atomic E-state index is 5.12. The number of nitrogens with one attached hydrogen (secondary N) is 1. The molecule has 4 heteroatoms. The van der Waals surface area contributed by atoms with Crippen molar-refractivity contribution in [1.82, 2.24) is 5.32 Å². The van der Waals surface area contributed by atoms with Crippen molar-refractivity contribution in [2.24, 2.45) is 0 Å². The number of hydrogen-bond acceptors (Lipinski definition) is 3. The van der Waals surface area contributed by atoms with Gasteiger partial charge < -0.3 is 15.0 Å². The van der Waals surface area contributed by atoms with Gasteiger partial charge in [0, 0.05) is 49.6 Å². The molecule has 0 saturated carbocycles. The van der Waals surface area contributed by atoms with Gasteiger partial charge in [-0.2, -0.15) is 0 Å². The van der Waals surface area contributed by atoms with E-state index in [4.69, 9.17) is 4.74 Å². The van der Waals surface area contributed by atoms with Crippen molar-refractivity contribution in [3.05, 3.63) is 28.2 Å². The summed E-state index contributed by atoms with van der Waals surface area (Å²) in [5.74, 6) is 0. The van der Waals surface area contributed by atoms with Gasteiger partial charge >= 0.3 is 0 Å². The second-order valence-corrected chi connectivity index (χ2v) is 7.06. The van der Waals surface area contributed by atoms with Crippen LogP contribution in [0.25, 0.3) is 0 Å². The summed E-state index contributed by atoms with van der Waals surface area (Å²) in [6, 6.07) is 6.47.